The Labute approximate surface area is 75.6 Å². The smallest absolute Gasteiger partial charge is 0.193 e. The molecule has 2 heteroatoms. The van der Waals surface area contributed by atoms with Crippen molar-refractivity contribution >= 4 is 17.2 Å². The van der Waals surface area contributed by atoms with E-state index in [1.807, 2.05) is 30.5 Å². The third kappa shape index (κ3) is 1.45. The van der Waals surface area contributed by atoms with Crippen LogP contribution in [0.15, 0.2) is 30.5 Å². The summed E-state index contributed by atoms with van der Waals surface area (Å²) >= 11 is 0. The van der Waals surface area contributed by atoms with Crippen molar-refractivity contribution in [1.29, 1.82) is 0 Å². The van der Waals surface area contributed by atoms with Gasteiger partial charge in [-0.2, -0.15) is 0 Å². The molecule has 0 aliphatic rings. The van der Waals surface area contributed by atoms with Crippen LogP contribution in [0.5, 0.6) is 0 Å². The summed E-state index contributed by atoms with van der Waals surface area (Å²) in [5, 5.41) is 1.15. The van der Waals surface area contributed by atoms with Crippen LogP contribution in [0.25, 0.3) is 10.9 Å². The monoisotopic (exact) mass is 169 g/mol. The molecule has 1 aromatic heterocycles. The van der Waals surface area contributed by atoms with Gasteiger partial charge < -0.3 is 4.98 Å². The van der Waals surface area contributed by atoms with E-state index in [9.17, 15) is 4.79 Å². The van der Waals surface area contributed by atoms with E-state index in [1.54, 1.807) is 0 Å². The van der Waals surface area contributed by atoms with Gasteiger partial charge >= 0.3 is 0 Å². The van der Waals surface area contributed by atoms with Gasteiger partial charge in [0.05, 0.1) is 0 Å². The van der Waals surface area contributed by atoms with Gasteiger partial charge in [-0.05, 0) is 29.5 Å². The van der Waals surface area contributed by atoms with E-state index in [0.717, 1.165) is 16.5 Å². The second kappa shape index (κ2) is 3.16. The predicted octanol–water partition coefficient (Wildman–Crippen LogP) is 1.72. The summed E-state index contributed by atoms with van der Waals surface area (Å²) in [6.45, 7) is 0. The van der Waals surface area contributed by atoms with Crippen molar-refractivity contribution in [3.63, 3.8) is 0 Å². The Morgan fingerprint density at radius 1 is 1.31 bits per heavy atom. The van der Waals surface area contributed by atoms with E-state index in [4.69, 9.17) is 0 Å². The van der Waals surface area contributed by atoms with Crippen LogP contribution in [0.1, 0.15) is 5.56 Å². The molecule has 1 N–H and O–H groups in total. The highest BCUT2D eigenvalue weighted by atomic mass is 16.1. The molecule has 0 saturated carbocycles. The lowest BCUT2D eigenvalue weighted by Gasteiger charge is -1.90. The normalized spacial score (nSPS) is 9.23. The van der Waals surface area contributed by atoms with Crippen molar-refractivity contribution in [2.24, 2.45) is 0 Å². The molecule has 0 unspecified atom stereocenters. The number of fused-ring (bicyclic) bond motifs is 1. The molecule has 13 heavy (non-hydrogen) atoms. The molecule has 0 atom stereocenters. The second-order valence-corrected chi connectivity index (χ2v) is 2.67. The number of aldehydes is 1. The van der Waals surface area contributed by atoms with E-state index < -0.39 is 0 Å². The Morgan fingerprint density at radius 2 is 2.23 bits per heavy atom. The number of aromatic amines is 1. The van der Waals surface area contributed by atoms with Gasteiger partial charge in [0.2, 0.25) is 0 Å². The first-order valence-electron chi connectivity index (χ1n) is 3.92. The van der Waals surface area contributed by atoms with Gasteiger partial charge in [0.15, 0.2) is 6.29 Å². The minimum atomic E-state index is 0.596. The fourth-order valence-electron chi connectivity index (χ4n) is 1.24. The lowest BCUT2D eigenvalue weighted by molar-refractivity contribution is -0.103. The molecule has 2 rings (SSSR count). The predicted molar refractivity (Wildman–Crippen MR) is 51.2 cm³/mol. The van der Waals surface area contributed by atoms with Crippen LogP contribution in [-0.2, 0) is 4.79 Å². The first-order chi connectivity index (χ1) is 6.40. The molecule has 1 aromatic carbocycles. The van der Waals surface area contributed by atoms with E-state index in [2.05, 4.69) is 16.8 Å². The molecule has 2 aromatic rings. The SMILES string of the molecule is O=CC#Cc1ccc2cc[nH]c2c1. The molecule has 1 heterocycles. The zero-order valence-corrected chi connectivity index (χ0v) is 6.87. The number of carbonyl (C=O) groups excluding carboxylic acids is 1. The van der Waals surface area contributed by atoms with Gasteiger partial charge in [0.1, 0.15) is 0 Å². The van der Waals surface area contributed by atoms with Gasteiger partial charge in [-0.3, -0.25) is 4.79 Å². The number of nitrogens with one attached hydrogen (secondary N) is 1. The number of hydrogen-bond acceptors (Lipinski definition) is 1. The van der Waals surface area contributed by atoms with Crippen LogP contribution in [0.3, 0.4) is 0 Å². The molecular formula is C11H7NO. The quantitative estimate of drug-likeness (QED) is 0.472. The Kier molecular flexibility index (Phi) is 1.85. The Bertz CT molecular complexity index is 499. The summed E-state index contributed by atoms with van der Waals surface area (Å²) in [7, 11) is 0. The molecular weight excluding hydrogens is 162 g/mol. The Hall–Kier alpha value is -2.01. The highest BCUT2D eigenvalue weighted by Gasteiger charge is 1.93. The van der Waals surface area contributed by atoms with E-state index in [-0.39, 0.29) is 0 Å². The van der Waals surface area contributed by atoms with Crippen LogP contribution in [0.4, 0.5) is 0 Å². The van der Waals surface area contributed by atoms with Gasteiger partial charge in [0, 0.05) is 17.3 Å². The van der Waals surface area contributed by atoms with Crippen molar-refractivity contribution < 1.29 is 4.79 Å². The molecule has 0 aliphatic heterocycles. The molecule has 0 fully saturated rings. The average molecular weight is 169 g/mol. The number of rotatable bonds is 0. The first kappa shape index (κ1) is 7.63. The zero-order valence-electron chi connectivity index (χ0n) is 6.87. The minimum Gasteiger partial charge on any atom is -0.361 e. The van der Waals surface area contributed by atoms with Crippen molar-refractivity contribution in [2.75, 3.05) is 0 Å². The number of H-pyrrole nitrogens is 1. The molecule has 0 radical (unpaired) electrons. The van der Waals surface area contributed by atoms with Crippen molar-refractivity contribution in [3.8, 4) is 11.8 Å². The molecule has 0 aliphatic carbocycles. The first-order valence-corrected chi connectivity index (χ1v) is 3.92. The van der Waals surface area contributed by atoms with Crippen molar-refractivity contribution in [1.82, 2.24) is 4.98 Å². The standard InChI is InChI=1S/C11H7NO/c13-7-1-2-9-3-4-10-5-6-12-11(10)8-9/h3-8,12H. The van der Waals surface area contributed by atoms with E-state index >= 15 is 0 Å². The summed E-state index contributed by atoms with van der Waals surface area (Å²) in [4.78, 5) is 13.1. The zero-order chi connectivity index (χ0) is 9.10. The fraction of sp³-hybridized carbons (Fsp3) is 0. The molecule has 0 amide bonds. The maximum absolute atomic E-state index is 10.0. The average Bonchev–Trinajstić information content (AvgIpc) is 2.61. The third-order valence-electron chi connectivity index (χ3n) is 1.83. The van der Waals surface area contributed by atoms with Gasteiger partial charge in [0.25, 0.3) is 0 Å². The Balaban J connectivity index is 2.54. The fourth-order valence-corrected chi connectivity index (χ4v) is 1.24. The third-order valence-corrected chi connectivity index (χ3v) is 1.83. The lowest BCUT2D eigenvalue weighted by atomic mass is 10.2. The number of carbonyl (C=O) groups is 1. The second-order valence-electron chi connectivity index (χ2n) is 2.67. The summed E-state index contributed by atoms with van der Waals surface area (Å²) in [6, 6.07) is 7.78. The maximum Gasteiger partial charge on any atom is 0.193 e. The number of aromatic nitrogens is 1. The highest BCUT2D eigenvalue weighted by molar-refractivity contribution is 5.81. The van der Waals surface area contributed by atoms with Crippen LogP contribution in [-0.4, -0.2) is 11.3 Å². The molecule has 0 bridgehead atoms. The minimum absolute atomic E-state index is 0.596. The molecule has 62 valence electrons. The summed E-state index contributed by atoms with van der Waals surface area (Å²) in [6.07, 6.45) is 2.47. The molecule has 0 saturated heterocycles. The van der Waals surface area contributed by atoms with Gasteiger partial charge in [-0.1, -0.05) is 12.0 Å². The van der Waals surface area contributed by atoms with Crippen molar-refractivity contribution in [2.45, 2.75) is 0 Å². The molecule has 0 spiro atoms. The highest BCUT2D eigenvalue weighted by Crippen LogP contribution is 2.12. The van der Waals surface area contributed by atoms with Gasteiger partial charge in [-0.15, -0.1) is 0 Å². The lowest BCUT2D eigenvalue weighted by Crippen LogP contribution is -1.74. The number of hydrogen-bond donors (Lipinski definition) is 1. The summed E-state index contributed by atoms with van der Waals surface area (Å²) in [5.41, 5.74) is 1.89. The van der Waals surface area contributed by atoms with Crippen molar-refractivity contribution in [3.05, 3.63) is 36.0 Å². The summed E-state index contributed by atoms with van der Waals surface area (Å²) in [5.74, 6) is 5.12. The van der Waals surface area contributed by atoms with E-state index in [0.29, 0.717) is 6.29 Å². The summed E-state index contributed by atoms with van der Waals surface area (Å²) < 4.78 is 0. The topological polar surface area (TPSA) is 32.9 Å². The Morgan fingerprint density at radius 3 is 3.08 bits per heavy atom. The molecule has 2 nitrogen and oxygen atoms in total. The van der Waals surface area contributed by atoms with Crippen LogP contribution in [0, 0.1) is 11.8 Å². The van der Waals surface area contributed by atoms with Crippen LogP contribution in [0.2, 0.25) is 0 Å². The van der Waals surface area contributed by atoms with E-state index in [1.165, 1.54) is 0 Å². The largest absolute Gasteiger partial charge is 0.361 e. The number of benzene rings is 1. The van der Waals surface area contributed by atoms with Crippen LogP contribution < -0.4 is 0 Å². The maximum atomic E-state index is 10.0. The van der Waals surface area contributed by atoms with Gasteiger partial charge in [-0.25, -0.2) is 0 Å². The van der Waals surface area contributed by atoms with Crippen LogP contribution >= 0.6 is 0 Å².